The lowest BCUT2D eigenvalue weighted by molar-refractivity contribution is -0.124. The number of nitrogens with zero attached hydrogens (tertiary/aromatic N) is 1. The fraction of sp³-hybridized carbons (Fsp3) is 0.0556. The van der Waals surface area contributed by atoms with Crippen molar-refractivity contribution in [3.8, 4) is 5.75 Å². The van der Waals surface area contributed by atoms with Crippen LogP contribution in [-0.2, 0) is 4.79 Å². The molecule has 3 aromatic rings. The van der Waals surface area contributed by atoms with Gasteiger partial charge in [0.1, 0.15) is 5.75 Å². The molecule has 1 unspecified atom stereocenters. The molecule has 0 bridgehead atoms. The zero-order valence-corrected chi connectivity index (χ0v) is 14.7. The molecule has 0 aliphatic carbocycles. The number of ether oxygens (including phenoxy) is 1. The molecule has 0 saturated carbocycles. The smallest absolute Gasteiger partial charge is 0.335 e. The lowest BCUT2D eigenvalue weighted by Gasteiger charge is -2.18. The van der Waals surface area contributed by atoms with E-state index in [1.807, 2.05) is 0 Å². The van der Waals surface area contributed by atoms with E-state index in [-0.39, 0.29) is 16.3 Å². The van der Waals surface area contributed by atoms with E-state index in [1.54, 1.807) is 24.4 Å². The maximum Gasteiger partial charge on any atom is 0.335 e. The summed E-state index contributed by atoms with van der Waals surface area (Å²) in [6.07, 6.45) is 1.82. The first kappa shape index (κ1) is 18.0. The molecule has 3 N–H and O–H groups in total. The van der Waals surface area contributed by atoms with Crippen LogP contribution in [0.2, 0.25) is 10.0 Å². The van der Waals surface area contributed by atoms with Gasteiger partial charge < -0.3 is 15.6 Å². The quantitative estimate of drug-likeness (QED) is 0.688. The van der Waals surface area contributed by atoms with Crippen molar-refractivity contribution in [1.82, 2.24) is 4.98 Å². The number of aromatic carboxylic acids is 1. The van der Waals surface area contributed by atoms with Crippen molar-refractivity contribution >= 4 is 45.9 Å². The summed E-state index contributed by atoms with van der Waals surface area (Å²) >= 11 is 12.3. The molecule has 1 aromatic heterocycles. The van der Waals surface area contributed by atoms with Gasteiger partial charge in [0.2, 0.25) is 6.10 Å². The number of hydrogen-bond donors (Lipinski definition) is 2. The average molecular weight is 391 g/mol. The highest BCUT2D eigenvalue weighted by molar-refractivity contribution is 6.39. The molecule has 0 aliphatic rings. The number of fused-ring (bicyclic) bond motifs is 1. The second-order valence-corrected chi connectivity index (χ2v) is 6.30. The molecular formula is C18H12Cl2N2O4. The number of carbonyl (C=O) groups excluding carboxylic acids is 1. The molecule has 2 aromatic carbocycles. The van der Waals surface area contributed by atoms with Crippen molar-refractivity contribution < 1.29 is 19.4 Å². The van der Waals surface area contributed by atoms with Gasteiger partial charge in [-0.2, -0.15) is 0 Å². The summed E-state index contributed by atoms with van der Waals surface area (Å²) in [6, 6.07) is 9.03. The molecule has 0 saturated heterocycles. The lowest BCUT2D eigenvalue weighted by atomic mass is 10.0. The summed E-state index contributed by atoms with van der Waals surface area (Å²) in [5.74, 6) is -1.81. The van der Waals surface area contributed by atoms with Gasteiger partial charge >= 0.3 is 5.97 Å². The van der Waals surface area contributed by atoms with E-state index in [0.717, 1.165) is 0 Å². The highest BCUT2D eigenvalue weighted by atomic mass is 35.5. The average Bonchev–Trinajstić information content (AvgIpc) is 2.59. The van der Waals surface area contributed by atoms with Crippen molar-refractivity contribution in [3.63, 3.8) is 0 Å². The normalized spacial score (nSPS) is 11.9. The molecule has 3 rings (SSSR count). The number of pyridine rings is 1. The van der Waals surface area contributed by atoms with E-state index in [4.69, 9.17) is 33.7 Å². The summed E-state index contributed by atoms with van der Waals surface area (Å²) < 4.78 is 5.78. The molecule has 8 heteroatoms. The Labute approximate surface area is 158 Å². The molecule has 0 fully saturated rings. The minimum atomic E-state index is -1.16. The monoisotopic (exact) mass is 390 g/mol. The van der Waals surface area contributed by atoms with E-state index >= 15 is 0 Å². The molecule has 1 heterocycles. The second-order valence-electron chi connectivity index (χ2n) is 5.45. The van der Waals surface area contributed by atoms with E-state index in [9.17, 15) is 14.7 Å². The number of nitrogens with two attached hydrogens (primary N) is 1. The summed E-state index contributed by atoms with van der Waals surface area (Å²) in [6.45, 7) is 0. The minimum absolute atomic E-state index is 0.0414. The summed E-state index contributed by atoms with van der Waals surface area (Å²) in [5, 5.41) is 10.8. The Morgan fingerprint density at radius 2 is 1.96 bits per heavy atom. The standard InChI is InChI=1S/C18H12Cl2N2O4/c19-12-5-10-4-11(18(24)25)6-14(15(10)13(20)7-12)26-16(17(21)23)9-2-1-3-22-8-9/h1-8,16H,(H2,21,23)(H,24,25). The van der Waals surface area contributed by atoms with Crippen molar-refractivity contribution in [3.05, 3.63) is 70.0 Å². The highest BCUT2D eigenvalue weighted by Crippen LogP contribution is 2.38. The number of amides is 1. The predicted octanol–water partition coefficient (Wildman–Crippen LogP) is 3.85. The zero-order chi connectivity index (χ0) is 18.8. The Balaban J connectivity index is 2.19. The van der Waals surface area contributed by atoms with E-state index < -0.39 is 18.0 Å². The van der Waals surface area contributed by atoms with Crippen LogP contribution < -0.4 is 10.5 Å². The van der Waals surface area contributed by atoms with Gasteiger partial charge in [0, 0.05) is 28.4 Å². The number of hydrogen-bond acceptors (Lipinski definition) is 4. The third-order valence-electron chi connectivity index (χ3n) is 3.67. The SMILES string of the molecule is NC(=O)C(Oc1cc(C(=O)O)cc2cc(Cl)cc(Cl)c12)c1cccnc1. The first-order valence-electron chi connectivity index (χ1n) is 7.39. The second kappa shape index (κ2) is 7.19. The minimum Gasteiger partial charge on any atom is -0.478 e. The largest absolute Gasteiger partial charge is 0.478 e. The molecule has 132 valence electrons. The number of primary amides is 1. The van der Waals surface area contributed by atoms with Crippen molar-refractivity contribution in [2.75, 3.05) is 0 Å². The maximum absolute atomic E-state index is 11.9. The van der Waals surface area contributed by atoms with Crippen LogP contribution in [0.1, 0.15) is 22.0 Å². The van der Waals surface area contributed by atoms with Crippen LogP contribution in [-0.4, -0.2) is 22.0 Å². The molecule has 26 heavy (non-hydrogen) atoms. The number of aromatic nitrogens is 1. The first-order valence-corrected chi connectivity index (χ1v) is 8.14. The molecular weight excluding hydrogens is 379 g/mol. The van der Waals surface area contributed by atoms with E-state index in [0.29, 0.717) is 21.4 Å². The number of halogens is 2. The van der Waals surface area contributed by atoms with Crippen LogP contribution in [0, 0.1) is 0 Å². The Morgan fingerprint density at radius 1 is 1.19 bits per heavy atom. The predicted molar refractivity (Wildman–Crippen MR) is 97.7 cm³/mol. The van der Waals surface area contributed by atoms with Crippen LogP contribution in [0.25, 0.3) is 10.8 Å². The Kier molecular flexibility index (Phi) is 4.97. The van der Waals surface area contributed by atoms with Gasteiger partial charge in [-0.25, -0.2) is 4.79 Å². The Morgan fingerprint density at radius 3 is 2.58 bits per heavy atom. The van der Waals surface area contributed by atoms with Crippen LogP contribution in [0.15, 0.2) is 48.8 Å². The Hall–Kier alpha value is -2.83. The van der Waals surface area contributed by atoms with Crippen LogP contribution >= 0.6 is 23.2 Å². The zero-order valence-electron chi connectivity index (χ0n) is 13.1. The van der Waals surface area contributed by atoms with E-state index in [2.05, 4.69) is 4.98 Å². The van der Waals surface area contributed by atoms with Gasteiger partial charge in [0.25, 0.3) is 5.91 Å². The van der Waals surface area contributed by atoms with Gasteiger partial charge in [-0.1, -0.05) is 29.3 Å². The van der Waals surface area contributed by atoms with Crippen LogP contribution in [0.4, 0.5) is 0 Å². The van der Waals surface area contributed by atoms with Gasteiger partial charge in [0.05, 0.1) is 10.6 Å². The van der Waals surface area contributed by atoms with Gasteiger partial charge in [-0.3, -0.25) is 9.78 Å². The molecule has 0 radical (unpaired) electrons. The van der Waals surface area contributed by atoms with Crippen molar-refractivity contribution in [2.45, 2.75) is 6.10 Å². The van der Waals surface area contributed by atoms with Crippen LogP contribution in [0.3, 0.4) is 0 Å². The third-order valence-corrected chi connectivity index (χ3v) is 4.18. The van der Waals surface area contributed by atoms with Crippen molar-refractivity contribution in [1.29, 1.82) is 0 Å². The summed E-state index contributed by atoms with van der Waals surface area (Å²) in [7, 11) is 0. The maximum atomic E-state index is 11.9. The number of rotatable bonds is 5. The van der Waals surface area contributed by atoms with Crippen molar-refractivity contribution in [2.24, 2.45) is 5.73 Å². The van der Waals surface area contributed by atoms with Gasteiger partial charge in [-0.05, 0) is 35.7 Å². The highest BCUT2D eigenvalue weighted by Gasteiger charge is 2.23. The fourth-order valence-electron chi connectivity index (χ4n) is 2.55. The number of carbonyl (C=O) groups is 2. The summed E-state index contributed by atoms with van der Waals surface area (Å²) in [4.78, 5) is 27.3. The van der Waals surface area contributed by atoms with E-state index in [1.165, 1.54) is 24.4 Å². The lowest BCUT2D eigenvalue weighted by Crippen LogP contribution is -2.26. The first-order chi connectivity index (χ1) is 12.4. The number of carboxylic acids is 1. The molecule has 1 atom stereocenters. The molecule has 6 nitrogen and oxygen atoms in total. The summed E-state index contributed by atoms with van der Waals surface area (Å²) in [5.41, 5.74) is 5.85. The number of carboxylic acid groups (broad SMARTS) is 1. The topological polar surface area (TPSA) is 103 Å². The van der Waals surface area contributed by atoms with Crippen LogP contribution in [0.5, 0.6) is 5.75 Å². The molecule has 1 amide bonds. The third kappa shape index (κ3) is 3.56. The molecule has 0 spiro atoms. The molecule has 0 aliphatic heterocycles. The number of benzene rings is 2. The Bertz CT molecular complexity index is 1010. The van der Waals surface area contributed by atoms with Gasteiger partial charge in [0.15, 0.2) is 0 Å². The fourth-order valence-corrected chi connectivity index (χ4v) is 3.16. The van der Waals surface area contributed by atoms with Gasteiger partial charge in [-0.15, -0.1) is 0 Å².